The van der Waals surface area contributed by atoms with Crippen LogP contribution in [0.4, 0.5) is 0 Å². The van der Waals surface area contributed by atoms with Crippen LogP contribution in [0.25, 0.3) is 0 Å². The van der Waals surface area contributed by atoms with Crippen molar-refractivity contribution in [2.45, 2.75) is 39.2 Å². The van der Waals surface area contributed by atoms with Crippen LogP contribution in [0.5, 0.6) is 0 Å². The van der Waals surface area contributed by atoms with Crippen LogP contribution in [0.15, 0.2) is 0 Å². The van der Waals surface area contributed by atoms with Gasteiger partial charge in [0.2, 0.25) is 0 Å². The first-order valence-electron chi connectivity index (χ1n) is 5.43. The standard InChI is InChI=1S/C11H19N3/c1-8(2)11-9-7-14(3)6-4-5-10(9)12-13-11/h8H,4-7H2,1-3H3,(H,12,13). The van der Waals surface area contributed by atoms with Crippen molar-refractivity contribution >= 4 is 0 Å². The molecule has 0 aromatic carbocycles. The van der Waals surface area contributed by atoms with Gasteiger partial charge in [-0.05, 0) is 32.4 Å². The number of rotatable bonds is 1. The number of nitrogens with one attached hydrogen (secondary N) is 1. The van der Waals surface area contributed by atoms with Gasteiger partial charge in [-0.2, -0.15) is 5.10 Å². The van der Waals surface area contributed by atoms with Crippen molar-refractivity contribution in [3.8, 4) is 0 Å². The lowest BCUT2D eigenvalue weighted by atomic mass is 10.0. The average Bonchev–Trinajstić information content (AvgIpc) is 2.41. The van der Waals surface area contributed by atoms with Crippen LogP contribution in [-0.2, 0) is 13.0 Å². The highest BCUT2D eigenvalue weighted by Gasteiger charge is 2.19. The molecule has 3 nitrogen and oxygen atoms in total. The van der Waals surface area contributed by atoms with Gasteiger partial charge in [0, 0.05) is 17.8 Å². The highest BCUT2D eigenvalue weighted by Crippen LogP contribution is 2.24. The lowest BCUT2D eigenvalue weighted by Gasteiger charge is -2.14. The van der Waals surface area contributed by atoms with Crippen LogP contribution < -0.4 is 0 Å². The smallest absolute Gasteiger partial charge is 0.0695 e. The molecule has 0 saturated heterocycles. The maximum absolute atomic E-state index is 4.42. The van der Waals surface area contributed by atoms with E-state index in [1.165, 1.54) is 29.9 Å². The molecule has 78 valence electrons. The van der Waals surface area contributed by atoms with E-state index in [0.717, 1.165) is 13.0 Å². The molecular formula is C11H19N3. The van der Waals surface area contributed by atoms with Crippen LogP contribution in [-0.4, -0.2) is 28.7 Å². The molecule has 0 unspecified atom stereocenters. The molecule has 0 saturated carbocycles. The summed E-state index contributed by atoms with van der Waals surface area (Å²) in [6.45, 7) is 6.67. The number of aryl methyl sites for hydroxylation is 1. The third-order valence-corrected chi connectivity index (χ3v) is 2.93. The normalized spacial score (nSPS) is 18.3. The molecule has 0 bridgehead atoms. The lowest BCUT2D eigenvalue weighted by molar-refractivity contribution is 0.330. The largest absolute Gasteiger partial charge is 0.302 e. The summed E-state index contributed by atoms with van der Waals surface area (Å²) >= 11 is 0. The predicted molar refractivity (Wildman–Crippen MR) is 57.3 cm³/mol. The molecule has 0 radical (unpaired) electrons. The van der Waals surface area contributed by atoms with Crippen molar-refractivity contribution in [1.29, 1.82) is 0 Å². The van der Waals surface area contributed by atoms with Crippen LogP contribution in [0, 0.1) is 0 Å². The van der Waals surface area contributed by atoms with E-state index in [1.807, 2.05) is 0 Å². The molecular weight excluding hydrogens is 174 g/mol. The molecule has 0 aliphatic carbocycles. The van der Waals surface area contributed by atoms with Crippen molar-refractivity contribution in [1.82, 2.24) is 15.1 Å². The van der Waals surface area contributed by atoms with Gasteiger partial charge >= 0.3 is 0 Å². The van der Waals surface area contributed by atoms with E-state index in [2.05, 4.69) is 36.0 Å². The Bertz CT molecular complexity index is 314. The van der Waals surface area contributed by atoms with Crippen LogP contribution in [0.1, 0.15) is 43.1 Å². The van der Waals surface area contributed by atoms with E-state index in [0.29, 0.717) is 5.92 Å². The zero-order valence-corrected chi connectivity index (χ0v) is 9.30. The zero-order valence-electron chi connectivity index (χ0n) is 9.30. The van der Waals surface area contributed by atoms with E-state index in [-0.39, 0.29) is 0 Å². The number of aromatic amines is 1. The minimum Gasteiger partial charge on any atom is -0.302 e. The molecule has 0 atom stereocenters. The molecule has 14 heavy (non-hydrogen) atoms. The molecule has 0 spiro atoms. The fourth-order valence-electron chi connectivity index (χ4n) is 2.15. The van der Waals surface area contributed by atoms with Crippen molar-refractivity contribution in [2.24, 2.45) is 0 Å². The Morgan fingerprint density at radius 2 is 2.21 bits per heavy atom. The second-order valence-electron chi connectivity index (χ2n) is 4.56. The first-order valence-corrected chi connectivity index (χ1v) is 5.43. The van der Waals surface area contributed by atoms with Gasteiger partial charge in [0.15, 0.2) is 0 Å². The van der Waals surface area contributed by atoms with E-state index in [1.54, 1.807) is 0 Å². The molecule has 2 rings (SSSR count). The average molecular weight is 193 g/mol. The van der Waals surface area contributed by atoms with E-state index >= 15 is 0 Å². The fraction of sp³-hybridized carbons (Fsp3) is 0.727. The van der Waals surface area contributed by atoms with Crippen LogP contribution in [0.3, 0.4) is 0 Å². The highest BCUT2D eigenvalue weighted by molar-refractivity contribution is 5.28. The summed E-state index contributed by atoms with van der Waals surface area (Å²) in [5.74, 6) is 0.529. The summed E-state index contributed by atoms with van der Waals surface area (Å²) in [5, 5.41) is 7.61. The summed E-state index contributed by atoms with van der Waals surface area (Å²) in [5.41, 5.74) is 4.06. The first-order chi connectivity index (χ1) is 6.68. The maximum Gasteiger partial charge on any atom is 0.0695 e. The third kappa shape index (κ3) is 1.69. The third-order valence-electron chi connectivity index (χ3n) is 2.93. The van der Waals surface area contributed by atoms with E-state index < -0.39 is 0 Å². The number of H-pyrrole nitrogens is 1. The molecule has 3 heteroatoms. The van der Waals surface area contributed by atoms with Crippen molar-refractivity contribution in [3.63, 3.8) is 0 Å². The molecule has 2 heterocycles. The summed E-state index contributed by atoms with van der Waals surface area (Å²) in [6.07, 6.45) is 2.39. The summed E-state index contributed by atoms with van der Waals surface area (Å²) < 4.78 is 0. The van der Waals surface area contributed by atoms with Gasteiger partial charge in [-0.1, -0.05) is 13.8 Å². The SMILES string of the molecule is CC(C)c1n[nH]c2c1CN(C)CCC2. The minimum atomic E-state index is 0.529. The Morgan fingerprint density at radius 3 is 2.93 bits per heavy atom. The molecule has 0 amide bonds. The summed E-state index contributed by atoms with van der Waals surface area (Å²) in [6, 6.07) is 0. The van der Waals surface area contributed by atoms with Gasteiger partial charge < -0.3 is 4.90 Å². The molecule has 1 aliphatic heterocycles. The number of nitrogens with zero attached hydrogens (tertiary/aromatic N) is 2. The van der Waals surface area contributed by atoms with Gasteiger partial charge in [-0.3, -0.25) is 5.10 Å². The monoisotopic (exact) mass is 193 g/mol. The lowest BCUT2D eigenvalue weighted by Crippen LogP contribution is -2.17. The summed E-state index contributed by atoms with van der Waals surface area (Å²) in [7, 11) is 2.19. The number of aromatic nitrogens is 2. The first kappa shape index (κ1) is 9.71. The second-order valence-corrected chi connectivity index (χ2v) is 4.56. The molecule has 0 fully saturated rings. The minimum absolute atomic E-state index is 0.529. The molecule has 1 aromatic heterocycles. The quantitative estimate of drug-likeness (QED) is 0.739. The molecule has 1 aliphatic rings. The summed E-state index contributed by atoms with van der Waals surface area (Å²) in [4.78, 5) is 2.38. The Kier molecular flexibility index (Phi) is 2.59. The highest BCUT2D eigenvalue weighted by atomic mass is 15.2. The molecule has 1 aromatic rings. The predicted octanol–water partition coefficient (Wildman–Crippen LogP) is 1.91. The number of fused-ring (bicyclic) bond motifs is 1. The Hall–Kier alpha value is -0.830. The Morgan fingerprint density at radius 1 is 1.43 bits per heavy atom. The number of hydrogen-bond acceptors (Lipinski definition) is 2. The van der Waals surface area contributed by atoms with Gasteiger partial charge in [0.05, 0.1) is 5.69 Å². The van der Waals surface area contributed by atoms with E-state index in [4.69, 9.17) is 0 Å². The van der Waals surface area contributed by atoms with E-state index in [9.17, 15) is 0 Å². The van der Waals surface area contributed by atoms with Crippen molar-refractivity contribution in [2.75, 3.05) is 13.6 Å². The Labute approximate surface area is 85.5 Å². The van der Waals surface area contributed by atoms with Gasteiger partial charge in [-0.25, -0.2) is 0 Å². The van der Waals surface area contributed by atoms with Gasteiger partial charge in [-0.15, -0.1) is 0 Å². The Balaban J connectivity index is 2.34. The van der Waals surface area contributed by atoms with Crippen molar-refractivity contribution in [3.05, 3.63) is 17.0 Å². The molecule has 1 N–H and O–H groups in total. The van der Waals surface area contributed by atoms with Crippen molar-refractivity contribution < 1.29 is 0 Å². The van der Waals surface area contributed by atoms with Crippen LogP contribution in [0.2, 0.25) is 0 Å². The van der Waals surface area contributed by atoms with Crippen LogP contribution >= 0.6 is 0 Å². The number of hydrogen-bond donors (Lipinski definition) is 1. The topological polar surface area (TPSA) is 31.9 Å². The fourth-order valence-corrected chi connectivity index (χ4v) is 2.15. The van der Waals surface area contributed by atoms with Gasteiger partial charge in [0.25, 0.3) is 0 Å². The second kappa shape index (κ2) is 3.73. The van der Waals surface area contributed by atoms with Gasteiger partial charge in [0.1, 0.15) is 0 Å². The maximum atomic E-state index is 4.42. The zero-order chi connectivity index (χ0) is 10.1.